The molecular formula is C18H27ClFN5. The van der Waals surface area contributed by atoms with E-state index >= 15 is 0 Å². The Morgan fingerprint density at radius 3 is 2.72 bits per heavy atom. The zero-order chi connectivity index (χ0) is 16.9. The van der Waals surface area contributed by atoms with E-state index in [2.05, 4.69) is 21.1 Å². The molecule has 0 atom stereocenters. The summed E-state index contributed by atoms with van der Waals surface area (Å²) in [6.45, 7) is 4.04. The summed E-state index contributed by atoms with van der Waals surface area (Å²) < 4.78 is 13.3. The molecule has 5 nitrogen and oxygen atoms in total. The lowest BCUT2D eigenvalue weighted by Gasteiger charge is -2.31. The zero-order valence-electron chi connectivity index (χ0n) is 14.4. The molecule has 1 fully saturated rings. The molecule has 7 heteroatoms. The molecule has 0 spiro atoms. The van der Waals surface area contributed by atoms with Gasteiger partial charge in [-0.05, 0) is 75.0 Å². The summed E-state index contributed by atoms with van der Waals surface area (Å²) in [4.78, 5) is 9.73. The van der Waals surface area contributed by atoms with Crippen molar-refractivity contribution in [2.75, 3.05) is 26.2 Å². The van der Waals surface area contributed by atoms with Gasteiger partial charge in [-0.1, -0.05) is 0 Å². The number of halogens is 2. The number of fused-ring (bicyclic) bond motifs is 1. The average Bonchev–Trinajstić information content (AvgIpc) is 2.98. The molecule has 1 aromatic carbocycles. The monoisotopic (exact) mass is 367 g/mol. The van der Waals surface area contributed by atoms with Crippen molar-refractivity contribution >= 4 is 29.3 Å². The molecule has 0 aliphatic carbocycles. The predicted molar refractivity (Wildman–Crippen MR) is 104 cm³/mol. The van der Waals surface area contributed by atoms with Crippen molar-refractivity contribution in [3.8, 4) is 0 Å². The Balaban J connectivity index is 0.00000225. The number of nitrogens with two attached hydrogens (primary N) is 2. The maximum atomic E-state index is 13.3. The van der Waals surface area contributed by atoms with Crippen LogP contribution in [0.5, 0.6) is 0 Å². The number of aromatic amines is 1. The number of aliphatic imine (C=N–C) groups is 1. The summed E-state index contributed by atoms with van der Waals surface area (Å²) >= 11 is 0. The molecule has 0 radical (unpaired) electrons. The third-order valence-corrected chi connectivity index (χ3v) is 4.88. The topological polar surface area (TPSA) is 83.4 Å². The van der Waals surface area contributed by atoms with Crippen LogP contribution in [0.4, 0.5) is 4.39 Å². The number of hydrogen-bond acceptors (Lipinski definition) is 2. The molecule has 2 heterocycles. The average molecular weight is 368 g/mol. The van der Waals surface area contributed by atoms with Crippen LogP contribution in [0.1, 0.15) is 37.2 Å². The second-order valence-electron chi connectivity index (χ2n) is 6.56. The number of unbranched alkanes of at least 4 members (excludes halogenated alkanes) is 1. The normalized spacial score (nSPS) is 15.9. The molecule has 1 aromatic heterocycles. The number of rotatable bonds is 6. The van der Waals surface area contributed by atoms with Crippen LogP contribution in [-0.2, 0) is 0 Å². The number of nitrogens with one attached hydrogen (secondary N) is 1. The lowest BCUT2D eigenvalue weighted by molar-refractivity contribution is 0.209. The number of aromatic nitrogens is 1. The maximum absolute atomic E-state index is 13.3. The Bertz CT molecular complexity index is 703. The summed E-state index contributed by atoms with van der Waals surface area (Å²) in [6, 6.07) is 5.02. The van der Waals surface area contributed by atoms with Gasteiger partial charge in [0, 0.05) is 23.6 Å². The van der Waals surface area contributed by atoms with Crippen LogP contribution in [0.2, 0.25) is 0 Å². The van der Waals surface area contributed by atoms with E-state index in [-0.39, 0.29) is 24.2 Å². The SMILES string of the molecule is Cl.NC(N)=NCCCCN1CCC(c2c[nH]c3cc(F)ccc23)CC1. The van der Waals surface area contributed by atoms with Crippen LogP contribution in [-0.4, -0.2) is 42.0 Å². The number of nitrogens with zero attached hydrogens (tertiary/aromatic N) is 2. The highest BCUT2D eigenvalue weighted by molar-refractivity contribution is 5.85. The molecule has 3 rings (SSSR count). The van der Waals surface area contributed by atoms with Crippen LogP contribution >= 0.6 is 12.4 Å². The number of likely N-dealkylation sites (tertiary alicyclic amines) is 1. The number of H-pyrrole nitrogens is 1. The standard InChI is InChI=1S/C18H26FN5.ClH/c19-14-3-4-15-16(12-23-17(15)11-14)13-5-9-24(10-6-13)8-2-1-7-22-18(20)21;/h3-4,11-13,23H,1-2,5-10H2,(H4,20,21,22);1H. The molecule has 0 unspecified atom stereocenters. The number of benzene rings is 1. The van der Waals surface area contributed by atoms with Crippen LogP contribution in [0, 0.1) is 5.82 Å². The van der Waals surface area contributed by atoms with E-state index in [0.717, 1.165) is 56.2 Å². The van der Waals surface area contributed by atoms with Gasteiger partial charge in [0.2, 0.25) is 0 Å². The molecule has 0 saturated carbocycles. The quantitative estimate of drug-likeness (QED) is 0.417. The Morgan fingerprint density at radius 1 is 1.24 bits per heavy atom. The zero-order valence-corrected chi connectivity index (χ0v) is 15.2. The number of hydrogen-bond donors (Lipinski definition) is 3. The van der Waals surface area contributed by atoms with Crippen LogP contribution in [0.3, 0.4) is 0 Å². The first-order valence-corrected chi connectivity index (χ1v) is 8.68. The summed E-state index contributed by atoms with van der Waals surface area (Å²) in [5.41, 5.74) is 12.9. The van der Waals surface area contributed by atoms with Gasteiger partial charge in [-0.3, -0.25) is 4.99 Å². The fourth-order valence-electron chi connectivity index (χ4n) is 3.58. The van der Waals surface area contributed by atoms with E-state index < -0.39 is 0 Å². The Labute approximate surface area is 154 Å². The highest BCUT2D eigenvalue weighted by Crippen LogP contribution is 2.33. The van der Waals surface area contributed by atoms with Crippen LogP contribution in [0.25, 0.3) is 10.9 Å². The van der Waals surface area contributed by atoms with Crippen molar-refractivity contribution in [3.05, 3.63) is 35.8 Å². The first-order chi connectivity index (χ1) is 11.6. The van der Waals surface area contributed by atoms with Gasteiger partial charge >= 0.3 is 0 Å². The van der Waals surface area contributed by atoms with Gasteiger partial charge in [-0.25, -0.2) is 4.39 Å². The van der Waals surface area contributed by atoms with Crippen LogP contribution < -0.4 is 11.5 Å². The van der Waals surface area contributed by atoms with E-state index in [4.69, 9.17) is 11.5 Å². The second kappa shape index (κ2) is 9.06. The first kappa shape index (κ1) is 19.5. The molecule has 5 N–H and O–H groups in total. The largest absolute Gasteiger partial charge is 0.370 e. The third-order valence-electron chi connectivity index (χ3n) is 4.88. The highest BCUT2D eigenvalue weighted by Gasteiger charge is 2.22. The van der Waals surface area contributed by atoms with E-state index in [1.807, 2.05) is 6.07 Å². The lowest BCUT2D eigenvalue weighted by atomic mass is 9.89. The van der Waals surface area contributed by atoms with Gasteiger partial charge in [0.15, 0.2) is 5.96 Å². The summed E-state index contributed by atoms with van der Waals surface area (Å²) in [6.07, 6.45) is 6.50. The van der Waals surface area contributed by atoms with Crippen molar-refractivity contribution in [2.24, 2.45) is 16.5 Å². The molecule has 1 aliphatic heterocycles. The Morgan fingerprint density at radius 2 is 2.00 bits per heavy atom. The number of piperidine rings is 1. The van der Waals surface area contributed by atoms with Gasteiger partial charge in [0.1, 0.15) is 5.82 Å². The summed E-state index contributed by atoms with van der Waals surface area (Å²) in [7, 11) is 0. The molecule has 2 aromatic rings. The van der Waals surface area contributed by atoms with E-state index in [1.165, 1.54) is 5.56 Å². The van der Waals surface area contributed by atoms with Gasteiger partial charge in [-0.15, -0.1) is 12.4 Å². The maximum Gasteiger partial charge on any atom is 0.185 e. The van der Waals surface area contributed by atoms with Crippen molar-refractivity contribution in [1.29, 1.82) is 0 Å². The van der Waals surface area contributed by atoms with Crippen molar-refractivity contribution in [1.82, 2.24) is 9.88 Å². The van der Waals surface area contributed by atoms with Crippen molar-refractivity contribution < 1.29 is 4.39 Å². The fourth-order valence-corrected chi connectivity index (χ4v) is 3.58. The molecule has 25 heavy (non-hydrogen) atoms. The molecule has 138 valence electrons. The van der Waals surface area contributed by atoms with E-state index in [0.29, 0.717) is 12.5 Å². The minimum atomic E-state index is -0.188. The summed E-state index contributed by atoms with van der Waals surface area (Å²) in [5, 5.41) is 1.16. The van der Waals surface area contributed by atoms with Gasteiger partial charge in [-0.2, -0.15) is 0 Å². The van der Waals surface area contributed by atoms with Crippen molar-refractivity contribution in [3.63, 3.8) is 0 Å². The Hall–Kier alpha value is -1.79. The second-order valence-corrected chi connectivity index (χ2v) is 6.56. The molecule has 1 saturated heterocycles. The highest BCUT2D eigenvalue weighted by atomic mass is 35.5. The van der Waals surface area contributed by atoms with Gasteiger partial charge in [0.05, 0.1) is 0 Å². The minimum Gasteiger partial charge on any atom is -0.370 e. The number of guanidine groups is 1. The molecular weight excluding hydrogens is 341 g/mol. The smallest absolute Gasteiger partial charge is 0.185 e. The molecule has 0 bridgehead atoms. The van der Waals surface area contributed by atoms with Crippen LogP contribution in [0.15, 0.2) is 29.4 Å². The third kappa shape index (κ3) is 5.09. The molecule has 1 aliphatic rings. The van der Waals surface area contributed by atoms with Gasteiger partial charge < -0.3 is 21.4 Å². The lowest BCUT2D eigenvalue weighted by Crippen LogP contribution is -2.33. The van der Waals surface area contributed by atoms with Gasteiger partial charge in [0.25, 0.3) is 0 Å². The summed E-state index contributed by atoms with van der Waals surface area (Å²) in [5.74, 6) is 0.544. The van der Waals surface area contributed by atoms with Crippen molar-refractivity contribution in [2.45, 2.75) is 31.6 Å². The minimum absolute atomic E-state index is 0. The van der Waals surface area contributed by atoms with E-state index in [1.54, 1.807) is 12.1 Å². The molecule has 0 amide bonds. The van der Waals surface area contributed by atoms with E-state index in [9.17, 15) is 4.39 Å². The fraction of sp³-hybridized carbons (Fsp3) is 0.500. The first-order valence-electron chi connectivity index (χ1n) is 8.68. The Kier molecular flexibility index (Phi) is 7.08. The predicted octanol–water partition coefficient (Wildman–Crippen LogP) is 2.96.